The predicted molar refractivity (Wildman–Crippen MR) is 155 cm³/mol. The third kappa shape index (κ3) is 7.03. The molecule has 4 rings (SSSR count). The third-order valence-electron chi connectivity index (χ3n) is 8.33. The highest BCUT2D eigenvalue weighted by atomic mass is 19.4. The molecule has 0 bridgehead atoms. The number of halogens is 3. The Bertz CT molecular complexity index is 1230. The van der Waals surface area contributed by atoms with Gasteiger partial charge in [-0.3, -0.25) is 4.90 Å². The van der Waals surface area contributed by atoms with Gasteiger partial charge in [0.05, 0.1) is 12.2 Å². The van der Waals surface area contributed by atoms with Crippen LogP contribution >= 0.6 is 0 Å². The zero-order chi connectivity index (χ0) is 30.2. The van der Waals surface area contributed by atoms with Crippen LogP contribution < -0.4 is 15.5 Å². The second-order valence-electron chi connectivity index (χ2n) is 12.3. The van der Waals surface area contributed by atoms with E-state index < -0.39 is 17.7 Å². The van der Waals surface area contributed by atoms with Gasteiger partial charge in [-0.15, -0.1) is 0 Å². The van der Waals surface area contributed by atoms with Crippen molar-refractivity contribution >= 4 is 29.1 Å². The lowest BCUT2D eigenvalue weighted by Crippen LogP contribution is -2.61. The van der Waals surface area contributed by atoms with E-state index >= 15 is 0 Å². The van der Waals surface area contributed by atoms with Crippen LogP contribution in [0.5, 0.6) is 0 Å². The fraction of sp³-hybridized carbons (Fsp3) is 0.621. The fourth-order valence-corrected chi connectivity index (χ4v) is 5.87. The van der Waals surface area contributed by atoms with Gasteiger partial charge >= 0.3 is 12.1 Å². The summed E-state index contributed by atoms with van der Waals surface area (Å²) in [5.74, 6) is -0.205. The number of rotatable bonds is 7. The molecule has 2 aromatic rings. The maximum atomic E-state index is 14.1. The van der Waals surface area contributed by atoms with E-state index in [0.717, 1.165) is 18.9 Å². The first-order valence-electron chi connectivity index (χ1n) is 14.1. The Kier molecular flexibility index (Phi) is 8.75. The molecule has 0 atom stereocenters. The number of hydrogen-bond acceptors (Lipinski definition) is 9. The van der Waals surface area contributed by atoms with E-state index in [-0.39, 0.29) is 52.4 Å². The number of hydrogen-bond donors (Lipinski definition) is 2. The van der Waals surface area contributed by atoms with Crippen molar-refractivity contribution < 1.29 is 22.7 Å². The van der Waals surface area contributed by atoms with Crippen molar-refractivity contribution in [3.63, 3.8) is 0 Å². The van der Waals surface area contributed by atoms with Gasteiger partial charge in [-0.25, -0.2) is 9.78 Å². The summed E-state index contributed by atoms with van der Waals surface area (Å²) in [7, 11) is 4.07. The summed E-state index contributed by atoms with van der Waals surface area (Å²) in [4.78, 5) is 27.7. The fourth-order valence-electron chi connectivity index (χ4n) is 5.87. The summed E-state index contributed by atoms with van der Waals surface area (Å²) in [5, 5.41) is 6.35. The van der Waals surface area contributed by atoms with Crippen LogP contribution in [-0.4, -0.2) is 89.7 Å². The maximum absolute atomic E-state index is 14.1. The Hall–Kier alpha value is -3.12. The average Bonchev–Trinajstić information content (AvgIpc) is 2.87. The van der Waals surface area contributed by atoms with E-state index in [2.05, 4.69) is 65.1 Å². The topological polar surface area (TPSA) is 85.9 Å². The molecule has 1 aromatic carbocycles. The summed E-state index contributed by atoms with van der Waals surface area (Å²) < 4.78 is 47.6. The highest BCUT2D eigenvalue weighted by Crippen LogP contribution is 2.40. The molecule has 2 fully saturated rings. The van der Waals surface area contributed by atoms with E-state index in [1.54, 1.807) is 17.9 Å². The first kappa shape index (κ1) is 30.8. The normalized spacial score (nSPS) is 20.1. The van der Waals surface area contributed by atoms with Gasteiger partial charge in [0.2, 0.25) is 5.95 Å². The van der Waals surface area contributed by atoms with Gasteiger partial charge in [-0.1, -0.05) is 0 Å². The average molecular weight is 578 g/mol. The molecule has 0 spiro atoms. The Balaban J connectivity index is 1.63. The van der Waals surface area contributed by atoms with E-state index in [1.165, 1.54) is 12.3 Å². The van der Waals surface area contributed by atoms with E-state index in [4.69, 9.17) is 4.74 Å². The number of anilines is 4. The molecule has 226 valence electrons. The first-order chi connectivity index (χ1) is 19.1. The van der Waals surface area contributed by atoms with Gasteiger partial charge in [0.1, 0.15) is 11.4 Å². The van der Waals surface area contributed by atoms with E-state index in [0.29, 0.717) is 26.2 Å². The molecule has 2 N–H and O–H groups in total. The largest absolute Gasteiger partial charge is 0.462 e. The zero-order valence-corrected chi connectivity index (χ0v) is 25.0. The summed E-state index contributed by atoms with van der Waals surface area (Å²) in [6, 6.07) is 4.17. The molecular formula is C29H42F3N7O2. The molecule has 1 aromatic heterocycles. The summed E-state index contributed by atoms with van der Waals surface area (Å²) in [6.45, 7) is 13.0. The van der Waals surface area contributed by atoms with Gasteiger partial charge in [-0.05, 0) is 79.8 Å². The Labute approximate surface area is 240 Å². The van der Waals surface area contributed by atoms with Gasteiger partial charge < -0.3 is 25.2 Å². The van der Waals surface area contributed by atoms with E-state index in [1.807, 2.05) is 7.05 Å². The second-order valence-corrected chi connectivity index (χ2v) is 12.3. The lowest BCUT2D eigenvalue weighted by atomic mass is 9.77. The van der Waals surface area contributed by atoms with Crippen LogP contribution in [0.4, 0.5) is 36.3 Å². The maximum Gasteiger partial charge on any atom is 0.418 e. The van der Waals surface area contributed by atoms with Crippen LogP contribution in [0.25, 0.3) is 0 Å². The molecule has 3 heterocycles. The standard InChI is InChI=1S/C29H42F3N7O2/c1-8-41-25(40)21-18-33-26(36-24(21)34-20-16-27(2,3)38(7)28(4,5)17-20)35-19-9-10-23(22(15-19)29(30,31)32)39-13-11-37(6)12-14-39/h9-10,15,18,20H,8,11-14,16-17H2,1-7H3,(H2,33,34,35,36). The van der Waals surface area contributed by atoms with Crippen molar-refractivity contribution in [2.24, 2.45) is 0 Å². The number of alkyl halides is 3. The molecule has 0 saturated carbocycles. The zero-order valence-electron chi connectivity index (χ0n) is 25.0. The molecule has 0 aliphatic carbocycles. The van der Waals surface area contributed by atoms with Crippen LogP contribution in [0.15, 0.2) is 24.4 Å². The number of likely N-dealkylation sites (N-methyl/N-ethyl adjacent to an activating group) is 1. The number of carbonyl (C=O) groups is 1. The Morgan fingerprint density at radius 1 is 1.07 bits per heavy atom. The number of carbonyl (C=O) groups excluding carboxylic acids is 1. The molecule has 9 nitrogen and oxygen atoms in total. The highest BCUT2D eigenvalue weighted by molar-refractivity contribution is 5.94. The molecule has 12 heteroatoms. The predicted octanol–water partition coefficient (Wildman–Crippen LogP) is 5.23. The van der Waals surface area contributed by atoms with Crippen LogP contribution in [0, 0.1) is 0 Å². The number of aromatic nitrogens is 2. The van der Waals surface area contributed by atoms with Gasteiger partial charge in [0.15, 0.2) is 0 Å². The van der Waals surface area contributed by atoms with Crippen LogP contribution in [0.1, 0.15) is 63.4 Å². The van der Waals surface area contributed by atoms with Crippen molar-refractivity contribution in [2.75, 3.05) is 62.4 Å². The van der Waals surface area contributed by atoms with Crippen LogP contribution in [0.3, 0.4) is 0 Å². The minimum Gasteiger partial charge on any atom is -0.462 e. The SMILES string of the molecule is CCOC(=O)c1cnc(Nc2ccc(N3CCN(C)CC3)c(C(F)(F)F)c2)nc1NC1CC(C)(C)N(C)C(C)(C)C1. The monoisotopic (exact) mass is 577 g/mol. The quantitative estimate of drug-likeness (QED) is 0.430. The minimum atomic E-state index is -4.54. The van der Waals surface area contributed by atoms with E-state index in [9.17, 15) is 18.0 Å². The second kappa shape index (κ2) is 11.6. The number of piperidine rings is 1. The molecule has 2 aliphatic heterocycles. The number of nitrogens with zero attached hydrogens (tertiary/aromatic N) is 5. The molecule has 0 unspecified atom stereocenters. The van der Waals surface area contributed by atoms with Crippen molar-refractivity contribution in [1.82, 2.24) is 19.8 Å². The van der Waals surface area contributed by atoms with Gasteiger partial charge in [0, 0.05) is 60.9 Å². The third-order valence-corrected chi connectivity index (χ3v) is 8.33. The minimum absolute atomic E-state index is 0.00756. The first-order valence-corrected chi connectivity index (χ1v) is 14.1. The summed E-state index contributed by atoms with van der Waals surface area (Å²) in [6.07, 6.45) is -1.59. The molecule has 2 aliphatic rings. The number of esters is 1. The summed E-state index contributed by atoms with van der Waals surface area (Å²) >= 11 is 0. The van der Waals surface area contributed by atoms with Crippen molar-refractivity contribution in [2.45, 2.75) is 70.8 Å². The number of likely N-dealkylation sites (tertiary alicyclic amines) is 1. The van der Waals surface area contributed by atoms with Gasteiger partial charge in [0.25, 0.3) is 0 Å². The number of piperazine rings is 1. The van der Waals surface area contributed by atoms with Crippen LogP contribution in [-0.2, 0) is 10.9 Å². The smallest absolute Gasteiger partial charge is 0.418 e. The summed E-state index contributed by atoms with van der Waals surface area (Å²) in [5.41, 5.74) is -0.414. The number of nitrogens with one attached hydrogen (secondary N) is 2. The molecule has 41 heavy (non-hydrogen) atoms. The molecule has 0 radical (unpaired) electrons. The molecular weight excluding hydrogens is 535 g/mol. The van der Waals surface area contributed by atoms with Crippen molar-refractivity contribution in [3.05, 3.63) is 35.5 Å². The highest BCUT2D eigenvalue weighted by Gasteiger charge is 2.43. The van der Waals surface area contributed by atoms with Crippen molar-refractivity contribution in [1.29, 1.82) is 0 Å². The van der Waals surface area contributed by atoms with Crippen molar-refractivity contribution in [3.8, 4) is 0 Å². The lowest BCUT2D eigenvalue weighted by Gasteiger charge is -2.53. The number of ether oxygens (including phenoxy) is 1. The number of benzene rings is 1. The van der Waals surface area contributed by atoms with Gasteiger partial charge in [-0.2, -0.15) is 18.2 Å². The lowest BCUT2D eigenvalue weighted by molar-refractivity contribution is -0.137. The Morgan fingerprint density at radius 3 is 2.29 bits per heavy atom. The molecule has 0 amide bonds. The van der Waals surface area contributed by atoms with Crippen LogP contribution in [0.2, 0.25) is 0 Å². The molecule has 2 saturated heterocycles. The Morgan fingerprint density at radius 2 is 1.71 bits per heavy atom.